The molecule has 1 aromatic carbocycles. The zero-order valence-electron chi connectivity index (χ0n) is 15.1. The van der Waals surface area contributed by atoms with E-state index in [2.05, 4.69) is 0 Å². The van der Waals surface area contributed by atoms with Crippen LogP contribution in [0.3, 0.4) is 0 Å². The quantitative estimate of drug-likeness (QED) is 0.771. The van der Waals surface area contributed by atoms with E-state index in [1.165, 1.54) is 16.9 Å². The number of rotatable bonds is 6. The van der Waals surface area contributed by atoms with Crippen LogP contribution in [0.2, 0.25) is 0 Å². The summed E-state index contributed by atoms with van der Waals surface area (Å²) in [5.41, 5.74) is 1.51. The number of benzene rings is 1. The highest BCUT2D eigenvalue weighted by Crippen LogP contribution is 2.34. The van der Waals surface area contributed by atoms with Gasteiger partial charge < -0.3 is 14.5 Å². The highest BCUT2D eigenvalue weighted by Gasteiger charge is 2.38. The topological polar surface area (TPSA) is 49.9 Å². The second-order valence-corrected chi connectivity index (χ2v) is 6.36. The maximum absolute atomic E-state index is 12.6. The van der Waals surface area contributed by atoms with Gasteiger partial charge in [-0.3, -0.25) is 9.59 Å². The zero-order chi connectivity index (χ0) is 19.5. The highest BCUT2D eigenvalue weighted by molar-refractivity contribution is 6.01. The number of hydrogen-bond donors (Lipinski definition) is 0. The number of methoxy groups -OCH3 is 1. The normalized spacial score (nSPS) is 17.5. The minimum atomic E-state index is -4.32. The predicted molar refractivity (Wildman–Crippen MR) is 91.1 cm³/mol. The van der Waals surface area contributed by atoms with Crippen LogP contribution in [-0.2, 0) is 9.59 Å². The molecule has 5 nitrogen and oxygen atoms in total. The number of alkyl halides is 3. The second kappa shape index (κ2) is 7.97. The summed E-state index contributed by atoms with van der Waals surface area (Å²) < 4.78 is 42.6. The Morgan fingerprint density at radius 1 is 1.38 bits per heavy atom. The Balaban J connectivity index is 2.13. The molecule has 26 heavy (non-hydrogen) atoms. The lowest BCUT2D eigenvalue weighted by molar-refractivity contribution is -0.147. The van der Waals surface area contributed by atoms with E-state index in [4.69, 9.17) is 4.74 Å². The number of carbonyl (C=O) groups is 2. The van der Waals surface area contributed by atoms with Crippen LogP contribution in [0.4, 0.5) is 18.9 Å². The smallest absolute Gasteiger partial charge is 0.390 e. The Bertz CT molecular complexity index is 676. The molecule has 0 spiro atoms. The Hall–Kier alpha value is -2.25. The highest BCUT2D eigenvalue weighted by atomic mass is 19.4. The van der Waals surface area contributed by atoms with E-state index in [0.29, 0.717) is 11.4 Å². The predicted octanol–water partition coefficient (Wildman–Crippen LogP) is 3.16. The summed E-state index contributed by atoms with van der Waals surface area (Å²) in [4.78, 5) is 27.6. The number of anilines is 1. The number of halogens is 3. The van der Waals surface area contributed by atoms with Crippen molar-refractivity contribution in [1.82, 2.24) is 4.90 Å². The molecular formula is C18H23F3N2O3. The van der Waals surface area contributed by atoms with Crippen molar-refractivity contribution in [2.45, 2.75) is 32.9 Å². The molecule has 1 heterocycles. The number of ether oxygens (including phenoxy) is 1. The van der Waals surface area contributed by atoms with E-state index in [-0.39, 0.29) is 25.4 Å². The van der Waals surface area contributed by atoms with Crippen molar-refractivity contribution in [3.05, 3.63) is 23.8 Å². The average molecular weight is 372 g/mol. The van der Waals surface area contributed by atoms with Crippen LogP contribution in [-0.4, -0.2) is 49.6 Å². The van der Waals surface area contributed by atoms with Crippen LogP contribution < -0.4 is 9.64 Å². The van der Waals surface area contributed by atoms with E-state index < -0.39 is 31.0 Å². The van der Waals surface area contributed by atoms with Gasteiger partial charge in [-0.15, -0.1) is 0 Å². The third-order valence-electron chi connectivity index (χ3n) is 4.46. The van der Waals surface area contributed by atoms with E-state index in [1.807, 2.05) is 13.0 Å². The first-order chi connectivity index (χ1) is 12.2. The lowest BCUT2D eigenvalue weighted by Gasteiger charge is -2.25. The van der Waals surface area contributed by atoms with E-state index in [0.717, 1.165) is 5.56 Å². The van der Waals surface area contributed by atoms with Crippen LogP contribution in [0.25, 0.3) is 0 Å². The molecule has 1 aliphatic rings. The Morgan fingerprint density at radius 3 is 2.65 bits per heavy atom. The Labute approximate surface area is 150 Å². The molecular weight excluding hydrogens is 349 g/mol. The molecule has 1 atom stereocenters. The van der Waals surface area contributed by atoms with Crippen molar-refractivity contribution in [2.24, 2.45) is 5.92 Å². The van der Waals surface area contributed by atoms with Gasteiger partial charge >= 0.3 is 6.18 Å². The number of amides is 2. The SMILES string of the molecule is CCN(CCC(F)(F)F)C(=O)C1CC(=O)N(c2cc(C)ccc2OC)C1. The van der Waals surface area contributed by atoms with Crippen LogP contribution >= 0.6 is 0 Å². The first kappa shape index (κ1) is 20.1. The van der Waals surface area contributed by atoms with E-state index in [1.54, 1.807) is 19.1 Å². The molecule has 0 saturated carbocycles. The van der Waals surface area contributed by atoms with Gasteiger partial charge in [0.1, 0.15) is 5.75 Å². The van der Waals surface area contributed by atoms with Crippen molar-refractivity contribution in [3.8, 4) is 5.75 Å². The zero-order valence-corrected chi connectivity index (χ0v) is 15.1. The molecule has 1 unspecified atom stereocenters. The van der Waals surface area contributed by atoms with E-state index >= 15 is 0 Å². The fourth-order valence-corrected chi connectivity index (χ4v) is 3.06. The molecule has 0 N–H and O–H groups in total. The summed E-state index contributed by atoms with van der Waals surface area (Å²) >= 11 is 0. The molecule has 0 aliphatic carbocycles. The van der Waals surface area contributed by atoms with Gasteiger partial charge in [-0.2, -0.15) is 13.2 Å². The van der Waals surface area contributed by atoms with Crippen molar-refractivity contribution in [1.29, 1.82) is 0 Å². The molecule has 0 bridgehead atoms. The van der Waals surface area contributed by atoms with Crippen molar-refractivity contribution >= 4 is 17.5 Å². The van der Waals surface area contributed by atoms with Gasteiger partial charge in [0, 0.05) is 26.1 Å². The molecule has 1 fully saturated rings. The van der Waals surface area contributed by atoms with E-state index in [9.17, 15) is 22.8 Å². The van der Waals surface area contributed by atoms with Crippen LogP contribution in [0.15, 0.2) is 18.2 Å². The standard InChI is InChI=1S/C18H23F3N2O3/c1-4-22(8-7-18(19,20)21)17(25)13-10-16(24)23(11-13)14-9-12(2)5-6-15(14)26-3/h5-6,9,13H,4,7-8,10-11H2,1-3H3. The molecule has 0 aromatic heterocycles. The maximum atomic E-state index is 12.6. The lowest BCUT2D eigenvalue weighted by atomic mass is 10.1. The summed E-state index contributed by atoms with van der Waals surface area (Å²) in [5, 5.41) is 0. The monoisotopic (exact) mass is 372 g/mol. The molecule has 2 amide bonds. The summed E-state index contributed by atoms with van der Waals surface area (Å²) in [6.07, 6.45) is -5.39. The summed E-state index contributed by atoms with van der Waals surface area (Å²) in [5.74, 6) is -0.791. The molecule has 0 radical (unpaired) electrons. The molecule has 8 heteroatoms. The third kappa shape index (κ3) is 4.68. The summed E-state index contributed by atoms with van der Waals surface area (Å²) in [6, 6.07) is 5.39. The van der Waals surface area contributed by atoms with Gasteiger partial charge in [0.05, 0.1) is 25.1 Å². The van der Waals surface area contributed by atoms with Crippen molar-refractivity contribution in [2.75, 3.05) is 31.6 Å². The second-order valence-electron chi connectivity index (χ2n) is 6.36. The van der Waals surface area contributed by atoms with Gasteiger partial charge in [-0.25, -0.2) is 0 Å². The van der Waals surface area contributed by atoms with Crippen LogP contribution in [0, 0.1) is 12.8 Å². The molecule has 1 aliphatic heterocycles. The molecule has 1 saturated heterocycles. The number of aryl methyl sites for hydroxylation is 1. The number of hydrogen-bond acceptors (Lipinski definition) is 3. The average Bonchev–Trinajstić information content (AvgIpc) is 2.95. The first-order valence-electron chi connectivity index (χ1n) is 8.46. The largest absolute Gasteiger partial charge is 0.495 e. The third-order valence-corrected chi connectivity index (χ3v) is 4.46. The Kier molecular flexibility index (Phi) is 6.15. The fourth-order valence-electron chi connectivity index (χ4n) is 3.06. The molecule has 2 rings (SSSR count). The summed E-state index contributed by atoms with van der Waals surface area (Å²) in [7, 11) is 1.49. The van der Waals surface area contributed by atoms with Gasteiger partial charge in [-0.05, 0) is 31.5 Å². The first-order valence-corrected chi connectivity index (χ1v) is 8.46. The molecule has 144 valence electrons. The van der Waals surface area contributed by atoms with Gasteiger partial charge in [0.2, 0.25) is 11.8 Å². The van der Waals surface area contributed by atoms with Gasteiger partial charge in [-0.1, -0.05) is 6.07 Å². The van der Waals surface area contributed by atoms with Gasteiger partial charge in [0.25, 0.3) is 0 Å². The fraction of sp³-hybridized carbons (Fsp3) is 0.556. The Morgan fingerprint density at radius 2 is 2.08 bits per heavy atom. The number of nitrogens with zero attached hydrogens (tertiary/aromatic N) is 2. The van der Waals surface area contributed by atoms with Crippen LogP contribution in [0.1, 0.15) is 25.3 Å². The van der Waals surface area contributed by atoms with Crippen molar-refractivity contribution < 1.29 is 27.5 Å². The molecule has 1 aromatic rings. The minimum Gasteiger partial charge on any atom is -0.495 e. The summed E-state index contributed by atoms with van der Waals surface area (Å²) in [6.45, 7) is 3.43. The maximum Gasteiger partial charge on any atom is 0.390 e. The minimum absolute atomic E-state index is 0.0154. The van der Waals surface area contributed by atoms with Crippen LogP contribution in [0.5, 0.6) is 5.75 Å². The lowest BCUT2D eigenvalue weighted by Crippen LogP contribution is -2.39. The van der Waals surface area contributed by atoms with Crippen molar-refractivity contribution in [3.63, 3.8) is 0 Å². The van der Waals surface area contributed by atoms with Gasteiger partial charge in [0.15, 0.2) is 0 Å². The number of carbonyl (C=O) groups excluding carboxylic acids is 2.